The molecule has 0 aliphatic rings. The Bertz CT molecular complexity index is 679. The van der Waals surface area contributed by atoms with Crippen LogP contribution >= 0.6 is 0 Å². The van der Waals surface area contributed by atoms with Crippen molar-refractivity contribution in [1.29, 1.82) is 0 Å². The fraction of sp³-hybridized carbons (Fsp3) is 0.500. The second kappa shape index (κ2) is 5.80. The Balaban J connectivity index is 3.18. The fourth-order valence-electron chi connectivity index (χ4n) is 1.40. The monoisotopic (exact) mass is 320 g/mol. The van der Waals surface area contributed by atoms with Crippen LogP contribution in [0.15, 0.2) is 34.1 Å². The number of benzene rings is 1. The summed E-state index contributed by atoms with van der Waals surface area (Å²) < 4.78 is 49.8. The smallest absolute Gasteiger partial charge is 0.225 e. The van der Waals surface area contributed by atoms with E-state index in [1.165, 1.54) is 24.3 Å². The highest BCUT2D eigenvalue weighted by molar-refractivity contribution is 7.92. The van der Waals surface area contributed by atoms with Gasteiger partial charge in [0.2, 0.25) is 20.0 Å². The van der Waals surface area contributed by atoms with Crippen LogP contribution in [-0.2, 0) is 20.0 Å². The van der Waals surface area contributed by atoms with Crippen molar-refractivity contribution in [2.45, 2.75) is 37.0 Å². The summed E-state index contributed by atoms with van der Waals surface area (Å²) in [6, 6.07) is 5.28. The van der Waals surface area contributed by atoms with E-state index in [1.54, 1.807) is 0 Å². The molecule has 3 N–H and O–H groups in total. The highest BCUT2D eigenvalue weighted by Crippen LogP contribution is 2.22. The lowest BCUT2D eigenvalue weighted by Gasteiger charge is -2.23. The van der Waals surface area contributed by atoms with E-state index in [4.69, 9.17) is 5.14 Å². The zero-order valence-electron chi connectivity index (χ0n) is 11.8. The van der Waals surface area contributed by atoms with E-state index in [-0.39, 0.29) is 16.9 Å². The van der Waals surface area contributed by atoms with Gasteiger partial charge in [0.15, 0.2) is 0 Å². The van der Waals surface area contributed by atoms with E-state index >= 15 is 0 Å². The van der Waals surface area contributed by atoms with Crippen molar-refractivity contribution in [1.82, 2.24) is 4.72 Å². The van der Waals surface area contributed by atoms with Gasteiger partial charge >= 0.3 is 0 Å². The molecule has 0 heterocycles. The SMILES string of the molecule is CCC(C)(C)CNS(=O)(=O)c1ccccc1S(N)(=O)=O. The summed E-state index contributed by atoms with van der Waals surface area (Å²) in [5.74, 6) is 0. The Labute approximate surface area is 120 Å². The number of nitrogens with two attached hydrogens (primary N) is 1. The van der Waals surface area contributed by atoms with Gasteiger partial charge in [-0.25, -0.2) is 26.7 Å². The summed E-state index contributed by atoms with van der Waals surface area (Å²) in [7, 11) is -8.02. The third-order valence-corrected chi connectivity index (χ3v) is 5.70. The largest absolute Gasteiger partial charge is 0.241 e. The van der Waals surface area contributed by atoms with Crippen LogP contribution in [0.25, 0.3) is 0 Å². The predicted octanol–water partition coefficient (Wildman–Crippen LogP) is 1.05. The van der Waals surface area contributed by atoms with Gasteiger partial charge in [0.05, 0.1) is 0 Å². The molecule has 0 atom stereocenters. The van der Waals surface area contributed by atoms with Crippen molar-refractivity contribution in [2.24, 2.45) is 10.6 Å². The maximum Gasteiger partial charge on any atom is 0.241 e. The molecule has 1 rings (SSSR count). The van der Waals surface area contributed by atoms with E-state index in [0.29, 0.717) is 0 Å². The lowest BCUT2D eigenvalue weighted by Crippen LogP contribution is -2.34. The quantitative estimate of drug-likeness (QED) is 0.817. The molecule has 0 unspecified atom stereocenters. The first-order valence-electron chi connectivity index (χ1n) is 6.11. The van der Waals surface area contributed by atoms with E-state index in [0.717, 1.165) is 6.42 Å². The second-order valence-electron chi connectivity index (χ2n) is 5.33. The first-order valence-corrected chi connectivity index (χ1v) is 9.14. The standard InChI is InChI=1S/C12H20N2O4S2/c1-4-12(2,3)9-14-20(17,18)11-8-6-5-7-10(11)19(13,15)16/h5-8,14H,4,9H2,1-3H3,(H2,13,15,16). The van der Waals surface area contributed by atoms with Crippen molar-refractivity contribution < 1.29 is 16.8 Å². The number of hydrogen-bond acceptors (Lipinski definition) is 4. The first kappa shape index (κ1) is 17.1. The Morgan fingerprint density at radius 3 is 2.05 bits per heavy atom. The molecule has 0 aliphatic carbocycles. The molecule has 0 aliphatic heterocycles. The average molecular weight is 320 g/mol. The van der Waals surface area contributed by atoms with Crippen molar-refractivity contribution in [2.75, 3.05) is 6.54 Å². The molecule has 1 aromatic carbocycles. The predicted molar refractivity (Wildman–Crippen MR) is 77.1 cm³/mol. The fourth-order valence-corrected chi connectivity index (χ4v) is 4.02. The second-order valence-corrected chi connectivity index (χ2v) is 8.60. The molecule has 6 nitrogen and oxygen atoms in total. The summed E-state index contributed by atoms with van der Waals surface area (Å²) in [4.78, 5) is -0.726. The number of sulfonamides is 2. The van der Waals surface area contributed by atoms with Crippen LogP contribution in [0.5, 0.6) is 0 Å². The van der Waals surface area contributed by atoms with Gasteiger partial charge in [-0.2, -0.15) is 0 Å². The van der Waals surface area contributed by atoms with Crippen LogP contribution in [0.3, 0.4) is 0 Å². The van der Waals surface area contributed by atoms with E-state index in [9.17, 15) is 16.8 Å². The molecule has 20 heavy (non-hydrogen) atoms. The normalized spacial score (nSPS) is 13.4. The Hall–Kier alpha value is -0.960. The van der Waals surface area contributed by atoms with Crippen LogP contribution < -0.4 is 9.86 Å². The Morgan fingerprint density at radius 2 is 1.60 bits per heavy atom. The molecule has 0 bridgehead atoms. The van der Waals surface area contributed by atoms with E-state index < -0.39 is 24.9 Å². The van der Waals surface area contributed by atoms with Crippen molar-refractivity contribution in [3.8, 4) is 0 Å². The molecule has 0 aromatic heterocycles. The lowest BCUT2D eigenvalue weighted by atomic mass is 9.91. The molecular weight excluding hydrogens is 300 g/mol. The molecule has 0 amide bonds. The first-order chi connectivity index (χ1) is 8.99. The highest BCUT2D eigenvalue weighted by Gasteiger charge is 2.26. The molecule has 0 saturated carbocycles. The van der Waals surface area contributed by atoms with Crippen LogP contribution in [0.4, 0.5) is 0 Å². The molecule has 1 aromatic rings. The van der Waals surface area contributed by atoms with Gasteiger partial charge in [-0.05, 0) is 24.0 Å². The molecule has 0 saturated heterocycles. The van der Waals surface area contributed by atoms with Gasteiger partial charge in [0.1, 0.15) is 9.79 Å². The van der Waals surface area contributed by atoms with E-state index in [2.05, 4.69) is 4.72 Å². The van der Waals surface area contributed by atoms with Gasteiger partial charge in [-0.15, -0.1) is 0 Å². The molecular formula is C12H20N2O4S2. The summed E-state index contributed by atoms with van der Waals surface area (Å²) in [5.41, 5.74) is -0.219. The van der Waals surface area contributed by atoms with Gasteiger partial charge in [-0.3, -0.25) is 0 Å². The van der Waals surface area contributed by atoms with Crippen molar-refractivity contribution in [3.63, 3.8) is 0 Å². The summed E-state index contributed by atoms with van der Waals surface area (Å²) in [6.07, 6.45) is 0.784. The van der Waals surface area contributed by atoms with Crippen LogP contribution in [0.1, 0.15) is 27.2 Å². The minimum atomic E-state index is -4.10. The maximum absolute atomic E-state index is 12.2. The minimum Gasteiger partial charge on any atom is -0.225 e. The van der Waals surface area contributed by atoms with Gasteiger partial charge in [0, 0.05) is 6.54 Å². The number of primary sulfonamides is 1. The van der Waals surface area contributed by atoms with Gasteiger partial charge in [-0.1, -0.05) is 32.9 Å². The molecule has 0 fully saturated rings. The van der Waals surface area contributed by atoms with Gasteiger partial charge in [0.25, 0.3) is 0 Å². The van der Waals surface area contributed by atoms with Crippen molar-refractivity contribution >= 4 is 20.0 Å². The Morgan fingerprint density at radius 1 is 1.10 bits per heavy atom. The minimum absolute atomic E-state index is 0.213. The van der Waals surface area contributed by atoms with Crippen LogP contribution in [0.2, 0.25) is 0 Å². The molecule has 114 valence electrons. The third-order valence-electron chi connectivity index (χ3n) is 3.14. The average Bonchev–Trinajstić information content (AvgIpc) is 2.36. The number of hydrogen-bond donors (Lipinski definition) is 2. The molecule has 8 heteroatoms. The summed E-state index contributed by atoms with van der Waals surface area (Å²) in [5, 5.41) is 5.04. The van der Waals surface area contributed by atoms with E-state index in [1.807, 2.05) is 20.8 Å². The topological polar surface area (TPSA) is 106 Å². The third kappa shape index (κ3) is 4.27. The number of rotatable bonds is 6. The maximum atomic E-state index is 12.2. The molecule has 0 radical (unpaired) electrons. The number of nitrogens with one attached hydrogen (secondary N) is 1. The zero-order chi connectivity index (χ0) is 15.6. The van der Waals surface area contributed by atoms with Gasteiger partial charge < -0.3 is 0 Å². The van der Waals surface area contributed by atoms with Crippen LogP contribution in [0, 0.1) is 5.41 Å². The summed E-state index contributed by atoms with van der Waals surface area (Å²) in [6.45, 7) is 6.00. The lowest BCUT2D eigenvalue weighted by molar-refractivity contribution is 0.350. The zero-order valence-corrected chi connectivity index (χ0v) is 13.4. The van der Waals surface area contributed by atoms with Crippen molar-refractivity contribution in [3.05, 3.63) is 24.3 Å². The highest BCUT2D eigenvalue weighted by atomic mass is 32.2. The van der Waals surface area contributed by atoms with Crippen LogP contribution in [-0.4, -0.2) is 23.4 Å². The summed E-state index contributed by atoms with van der Waals surface area (Å²) >= 11 is 0. The Kier molecular flexibility index (Phi) is 4.96. The molecule has 0 spiro atoms.